The maximum atomic E-state index is 13.4. The Balaban J connectivity index is 2.40. The second-order valence-corrected chi connectivity index (χ2v) is 3.64. The Morgan fingerprint density at radius 3 is 2.81 bits per heavy atom. The number of aryl methyl sites for hydroxylation is 1. The molecule has 2 N–H and O–H groups in total. The number of benzene rings is 1. The third-order valence-corrected chi connectivity index (χ3v) is 2.38. The first kappa shape index (κ1) is 12.5. The number of carbonyl (C=O) groups is 1. The molecule has 0 atom stereocenters. The Bertz CT molecular complexity index is 346. The fourth-order valence-corrected chi connectivity index (χ4v) is 1.44. The lowest BCUT2D eigenvalue weighted by atomic mass is 10.2. The van der Waals surface area contributed by atoms with Crippen LogP contribution in [0.1, 0.15) is 18.4 Å². The van der Waals surface area contributed by atoms with Gasteiger partial charge in [-0.2, -0.15) is 0 Å². The van der Waals surface area contributed by atoms with Crippen molar-refractivity contribution in [1.29, 1.82) is 0 Å². The number of hydrogen-bond acceptors (Lipinski definition) is 2. The average molecular weight is 224 g/mol. The molecule has 0 heterocycles. The van der Waals surface area contributed by atoms with Gasteiger partial charge in [-0.15, -0.1) is 0 Å². The number of rotatable bonds is 5. The van der Waals surface area contributed by atoms with Crippen molar-refractivity contribution in [2.45, 2.75) is 19.8 Å². The van der Waals surface area contributed by atoms with Gasteiger partial charge in [-0.05, 0) is 25.0 Å². The largest absolute Gasteiger partial charge is 0.382 e. The van der Waals surface area contributed by atoms with Gasteiger partial charge in [-0.25, -0.2) is 4.39 Å². The van der Waals surface area contributed by atoms with Crippen LogP contribution in [-0.2, 0) is 4.79 Å². The summed E-state index contributed by atoms with van der Waals surface area (Å²) in [5.41, 5.74) is 1.40. The fraction of sp³-hybridized carbons (Fsp3) is 0.417. The van der Waals surface area contributed by atoms with E-state index in [1.165, 1.54) is 6.07 Å². The minimum Gasteiger partial charge on any atom is -0.382 e. The SMILES string of the molecule is CNC(=O)CCCNc1c(C)cccc1F. The molecule has 0 aliphatic carbocycles. The van der Waals surface area contributed by atoms with Crippen LogP contribution < -0.4 is 10.6 Å². The Morgan fingerprint density at radius 2 is 2.19 bits per heavy atom. The van der Waals surface area contributed by atoms with Crippen LogP contribution in [0, 0.1) is 12.7 Å². The second kappa shape index (κ2) is 6.10. The molecule has 88 valence electrons. The molecule has 0 spiro atoms. The first-order chi connectivity index (χ1) is 7.65. The van der Waals surface area contributed by atoms with E-state index in [1.54, 1.807) is 13.1 Å². The summed E-state index contributed by atoms with van der Waals surface area (Å²) in [6.07, 6.45) is 1.14. The molecule has 0 bridgehead atoms. The van der Waals surface area contributed by atoms with Crippen molar-refractivity contribution < 1.29 is 9.18 Å². The lowest BCUT2D eigenvalue weighted by Gasteiger charge is -2.09. The van der Waals surface area contributed by atoms with E-state index in [0.717, 1.165) is 5.56 Å². The van der Waals surface area contributed by atoms with Crippen molar-refractivity contribution in [1.82, 2.24) is 5.32 Å². The molecule has 0 aromatic heterocycles. The maximum absolute atomic E-state index is 13.4. The van der Waals surface area contributed by atoms with Gasteiger partial charge in [0.2, 0.25) is 5.91 Å². The Labute approximate surface area is 95.0 Å². The summed E-state index contributed by atoms with van der Waals surface area (Å²) in [5.74, 6) is -0.244. The van der Waals surface area contributed by atoms with Crippen LogP contribution in [0.2, 0.25) is 0 Å². The first-order valence-corrected chi connectivity index (χ1v) is 5.34. The van der Waals surface area contributed by atoms with Gasteiger partial charge in [0.1, 0.15) is 5.82 Å². The highest BCUT2D eigenvalue weighted by Gasteiger charge is 2.04. The van der Waals surface area contributed by atoms with Crippen LogP contribution in [0.25, 0.3) is 0 Å². The normalized spacial score (nSPS) is 9.94. The van der Waals surface area contributed by atoms with Gasteiger partial charge < -0.3 is 10.6 Å². The quantitative estimate of drug-likeness (QED) is 0.752. The summed E-state index contributed by atoms with van der Waals surface area (Å²) in [7, 11) is 1.61. The average Bonchev–Trinajstić information content (AvgIpc) is 2.27. The van der Waals surface area contributed by atoms with Crippen LogP contribution in [0.3, 0.4) is 0 Å². The molecule has 0 saturated carbocycles. The van der Waals surface area contributed by atoms with Gasteiger partial charge >= 0.3 is 0 Å². The number of halogens is 1. The van der Waals surface area contributed by atoms with E-state index in [4.69, 9.17) is 0 Å². The molecule has 0 aliphatic rings. The third kappa shape index (κ3) is 3.53. The van der Waals surface area contributed by atoms with Gasteiger partial charge in [0, 0.05) is 20.0 Å². The van der Waals surface area contributed by atoms with Gasteiger partial charge in [-0.3, -0.25) is 4.79 Å². The van der Waals surface area contributed by atoms with Crippen molar-refractivity contribution in [3.8, 4) is 0 Å². The fourth-order valence-electron chi connectivity index (χ4n) is 1.44. The lowest BCUT2D eigenvalue weighted by Crippen LogP contribution is -2.18. The molecule has 0 saturated heterocycles. The highest BCUT2D eigenvalue weighted by Crippen LogP contribution is 2.18. The van der Waals surface area contributed by atoms with Crippen LogP contribution in [0.4, 0.5) is 10.1 Å². The first-order valence-electron chi connectivity index (χ1n) is 5.34. The minimum absolute atomic E-state index is 0.00653. The molecule has 4 heteroatoms. The molecule has 0 radical (unpaired) electrons. The predicted molar refractivity (Wildman–Crippen MR) is 62.9 cm³/mol. The van der Waals surface area contributed by atoms with Gasteiger partial charge in [-0.1, -0.05) is 12.1 Å². The highest BCUT2D eigenvalue weighted by atomic mass is 19.1. The molecule has 1 aromatic carbocycles. The highest BCUT2D eigenvalue weighted by molar-refractivity contribution is 5.75. The molecule has 1 rings (SSSR count). The molecular formula is C12H17FN2O. The van der Waals surface area contributed by atoms with Crippen molar-refractivity contribution in [3.63, 3.8) is 0 Å². The number of para-hydroxylation sites is 1. The third-order valence-electron chi connectivity index (χ3n) is 2.38. The number of carbonyl (C=O) groups excluding carboxylic acids is 1. The summed E-state index contributed by atoms with van der Waals surface area (Å²) < 4.78 is 13.4. The van der Waals surface area contributed by atoms with E-state index < -0.39 is 0 Å². The van der Waals surface area contributed by atoms with E-state index in [1.807, 2.05) is 13.0 Å². The van der Waals surface area contributed by atoms with Gasteiger partial charge in [0.15, 0.2) is 0 Å². The molecule has 1 amide bonds. The standard InChI is InChI=1S/C12H17FN2O/c1-9-5-3-6-10(13)12(9)15-8-4-7-11(16)14-2/h3,5-6,15H,4,7-8H2,1-2H3,(H,14,16). The molecule has 16 heavy (non-hydrogen) atoms. The summed E-state index contributed by atoms with van der Waals surface area (Å²) >= 11 is 0. The zero-order valence-electron chi connectivity index (χ0n) is 9.64. The van der Waals surface area contributed by atoms with Crippen molar-refractivity contribution in [2.75, 3.05) is 18.9 Å². The lowest BCUT2D eigenvalue weighted by molar-refractivity contribution is -0.120. The number of nitrogens with one attached hydrogen (secondary N) is 2. The topological polar surface area (TPSA) is 41.1 Å². The summed E-state index contributed by atoms with van der Waals surface area (Å²) in [6.45, 7) is 2.44. The molecule has 0 aliphatic heterocycles. The van der Waals surface area contributed by atoms with E-state index in [0.29, 0.717) is 25.1 Å². The second-order valence-electron chi connectivity index (χ2n) is 3.64. The number of amides is 1. The van der Waals surface area contributed by atoms with Crippen molar-refractivity contribution >= 4 is 11.6 Å². The van der Waals surface area contributed by atoms with Crippen LogP contribution >= 0.6 is 0 Å². The van der Waals surface area contributed by atoms with Crippen molar-refractivity contribution in [3.05, 3.63) is 29.6 Å². The summed E-state index contributed by atoms with van der Waals surface area (Å²) in [5, 5.41) is 5.55. The Hall–Kier alpha value is -1.58. The minimum atomic E-state index is -0.250. The molecular weight excluding hydrogens is 207 g/mol. The van der Waals surface area contributed by atoms with Gasteiger partial charge in [0.25, 0.3) is 0 Å². The van der Waals surface area contributed by atoms with E-state index in [9.17, 15) is 9.18 Å². The van der Waals surface area contributed by atoms with E-state index in [2.05, 4.69) is 10.6 Å². The van der Waals surface area contributed by atoms with E-state index in [-0.39, 0.29) is 11.7 Å². The number of anilines is 1. The molecule has 0 unspecified atom stereocenters. The van der Waals surface area contributed by atoms with Crippen LogP contribution in [-0.4, -0.2) is 19.5 Å². The summed E-state index contributed by atoms with van der Waals surface area (Å²) in [4.78, 5) is 10.9. The van der Waals surface area contributed by atoms with Crippen LogP contribution in [0.15, 0.2) is 18.2 Å². The smallest absolute Gasteiger partial charge is 0.219 e. The zero-order chi connectivity index (χ0) is 12.0. The summed E-state index contributed by atoms with van der Waals surface area (Å²) in [6, 6.07) is 4.96. The Kier molecular flexibility index (Phi) is 4.76. The molecule has 1 aromatic rings. The van der Waals surface area contributed by atoms with E-state index >= 15 is 0 Å². The zero-order valence-corrected chi connectivity index (χ0v) is 9.64. The van der Waals surface area contributed by atoms with Crippen LogP contribution in [0.5, 0.6) is 0 Å². The predicted octanol–water partition coefficient (Wildman–Crippen LogP) is 2.07. The molecule has 0 fully saturated rings. The number of hydrogen-bond donors (Lipinski definition) is 2. The van der Waals surface area contributed by atoms with Gasteiger partial charge in [0.05, 0.1) is 5.69 Å². The molecule has 3 nitrogen and oxygen atoms in total. The van der Waals surface area contributed by atoms with Crippen molar-refractivity contribution in [2.24, 2.45) is 0 Å². The maximum Gasteiger partial charge on any atom is 0.219 e. The monoisotopic (exact) mass is 224 g/mol. The Morgan fingerprint density at radius 1 is 1.44 bits per heavy atom.